The number of rotatable bonds is 14. The van der Waals surface area contributed by atoms with Crippen LogP contribution < -0.4 is 9.47 Å². The van der Waals surface area contributed by atoms with Gasteiger partial charge >= 0.3 is 0 Å². The summed E-state index contributed by atoms with van der Waals surface area (Å²) in [4.78, 5) is 24.1. The van der Waals surface area contributed by atoms with Gasteiger partial charge in [0.15, 0.2) is 11.5 Å². The van der Waals surface area contributed by atoms with E-state index in [1.807, 2.05) is 13.8 Å². The first-order chi connectivity index (χ1) is 18.4. The minimum Gasteiger partial charge on any atom is -0.487 e. The maximum atomic E-state index is 12.3. The smallest absolute Gasteiger partial charge is 0.221 e. The standard InChI is InChI=1S/C35H52O4/c1-23(2)12-9-13-24(3)14-10-15-25(4)16-11-20-35(8)21-19-30-28(7)33(26(5)27(6)34(30)39-35)38-32-22-29(36)17-18-31(32)37/h17-18,22-25H,9-16,19-21H2,1-8H3/t24-,25-,35-/m1/s1. The number of benzene rings is 1. The van der Waals surface area contributed by atoms with Crippen LogP contribution in [0.2, 0.25) is 0 Å². The van der Waals surface area contributed by atoms with E-state index >= 15 is 0 Å². The molecule has 3 rings (SSSR count). The highest BCUT2D eigenvalue weighted by molar-refractivity contribution is 6.16. The minimum atomic E-state index is -0.280. The van der Waals surface area contributed by atoms with Crippen molar-refractivity contribution in [2.75, 3.05) is 0 Å². The molecule has 3 atom stereocenters. The molecule has 0 fully saturated rings. The Morgan fingerprint density at radius 2 is 1.46 bits per heavy atom. The van der Waals surface area contributed by atoms with E-state index in [1.54, 1.807) is 0 Å². The zero-order chi connectivity index (χ0) is 28.7. The maximum Gasteiger partial charge on any atom is 0.221 e. The molecule has 4 heteroatoms. The Labute approximate surface area is 237 Å². The van der Waals surface area contributed by atoms with Crippen LogP contribution in [-0.4, -0.2) is 17.2 Å². The minimum absolute atomic E-state index is 0.0873. The molecule has 0 saturated carbocycles. The third-order valence-corrected chi connectivity index (χ3v) is 8.97. The third kappa shape index (κ3) is 8.56. The largest absolute Gasteiger partial charge is 0.487 e. The van der Waals surface area contributed by atoms with Crippen LogP contribution >= 0.6 is 0 Å². The topological polar surface area (TPSA) is 52.6 Å². The zero-order valence-corrected chi connectivity index (χ0v) is 25.9. The van der Waals surface area contributed by atoms with Gasteiger partial charge in [-0.15, -0.1) is 0 Å². The number of hydrogen-bond donors (Lipinski definition) is 0. The monoisotopic (exact) mass is 536 g/mol. The van der Waals surface area contributed by atoms with Crippen LogP contribution in [0.25, 0.3) is 0 Å². The van der Waals surface area contributed by atoms with E-state index in [1.165, 1.54) is 69.6 Å². The molecule has 0 amide bonds. The second kappa shape index (κ2) is 13.8. The first-order valence-electron chi connectivity index (χ1n) is 15.4. The number of hydrogen-bond acceptors (Lipinski definition) is 4. The molecule has 1 aromatic rings. The fraction of sp³-hybridized carbons (Fsp3) is 0.657. The molecule has 0 spiro atoms. The fourth-order valence-corrected chi connectivity index (χ4v) is 6.09. The number of fused-ring (bicyclic) bond motifs is 1. The van der Waals surface area contributed by atoms with Crippen molar-refractivity contribution in [3.63, 3.8) is 0 Å². The summed E-state index contributed by atoms with van der Waals surface area (Å²) in [5, 5.41) is 0. The average Bonchev–Trinajstić information content (AvgIpc) is 2.87. The first kappa shape index (κ1) is 31.2. The zero-order valence-electron chi connectivity index (χ0n) is 25.9. The SMILES string of the molecule is Cc1c(C)c2c(c(C)c1OC1=CC(=O)C=CC1=O)CC[C@@](C)(CCC[C@H](C)CCC[C@H](C)CCCC(C)C)O2. The Bertz CT molecular complexity index is 1090. The van der Waals surface area contributed by atoms with Gasteiger partial charge in [0.2, 0.25) is 5.78 Å². The van der Waals surface area contributed by atoms with E-state index in [9.17, 15) is 9.59 Å². The Kier molecular flexibility index (Phi) is 11.0. The summed E-state index contributed by atoms with van der Waals surface area (Å²) in [6.45, 7) is 17.9. The molecule has 0 unspecified atom stereocenters. The van der Waals surface area contributed by atoms with Crippen molar-refractivity contribution in [2.45, 2.75) is 132 Å². The van der Waals surface area contributed by atoms with Gasteiger partial charge in [-0.05, 0) is 100.0 Å². The number of allylic oxidation sites excluding steroid dienone is 3. The van der Waals surface area contributed by atoms with Crippen molar-refractivity contribution in [3.05, 3.63) is 46.2 Å². The summed E-state index contributed by atoms with van der Waals surface area (Å²) in [7, 11) is 0. The summed E-state index contributed by atoms with van der Waals surface area (Å²) in [5.41, 5.74) is 4.00. The molecule has 1 aromatic carbocycles. The van der Waals surface area contributed by atoms with E-state index < -0.39 is 0 Å². The van der Waals surface area contributed by atoms with Gasteiger partial charge in [-0.25, -0.2) is 0 Å². The molecule has 216 valence electrons. The highest BCUT2D eigenvalue weighted by Gasteiger charge is 2.35. The van der Waals surface area contributed by atoms with Gasteiger partial charge in [-0.1, -0.05) is 72.6 Å². The van der Waals surface area contributed by atoms with E-state index in [0.717, 1.165) is 65.0 Å². The molecule has 2 aliphatic rings. The first-order valence-corrected chi connectivity index (χ1v) is 15.4. The number of carbonyl (C=O) groups excluding carboxylic acids is 2. The molecular formula is C35H52O4. The summed E-state index contributed by atoms with van der Waals surface area (Å²) in [6.07, 6.45) is 17.4. The van der Waals surface area contributed by atoms with Gasteiger partial charge in [0, 0.05) is 11.6 Å². The van der Waals surface area contributed by atoms with Gasteiger partial charge < -0.3 is 9.47 Å². The van der Waals surface area contributed by atoms with E-state index in [-0.39, 0.29) is 22.9 Å². The van der Waals surface area contributed by atoms with Crippen LogP contribution in [0.3, 0.4) is 0 Å². The van der Waals surface area contributed by atoms with E-state index in [0.29, 0.717) is 5.75 Å². The van der Waals surface area contributed by atoms with Gasteiger partial charge in [0.05, 0.1) is 0 Å². The predicted octanol–water partition coefficient (Wildman–Crippen LogP) is 9.11. The highest BCUT2D eigenvalue weighted by Crippen LogP contribution is 2.45. The van der Waals surface area contributed by atoms with Crippen LogP contribution in [0.1, 0.15) is 121 Å². The second-order valence-electron chi connectivity index (χ2n) is 13.1. The second-order valence-corrected chi connectivity index (χ2v) is 13.1. The lowest BCUT2D eigenvalue weighted by molar-refractivity contribution is -0.116. The Morgan fingerprint density at radius 3 is 2.10 bits per heavy atom. The quantitative estimate of drug-likeness (QED) is 0.222. The van der Waals surface area contributed by atoms with Crippen LogP contribution in [-0.2, 0) is 16.0 Å². The van der Waals surface area contributed by atoms with Gasteiger partial charge in [-0.3, -0.25) is 9.59 Å². The van der Waals surface area contributed by atoms with Crippen LogP contribution in [0.15, 0.2) is 24.0 Å². The van der Waals surface area contributed by atoms with Crippen LogP contribution in [0.4, 0.5) is 0 Å². The fourth-order valence-electron chi connectivity index (χ4n) is 6.09. The van der Waals surface area contributed by atoms with Crippen molar-refractivity contribution in [3.8, 4) is 11.5 Å². The molecule has 0 saturated heterocycles. The van der Waals surface area contributed by atoms with E-state index in [4.69, 9.17) is 9.47 Å². The molecule has 1 aliphatic heterocycles. The summed E-state index contributed by atoms with van der Waals surface area (Å²) < 4.78 is 12.8. The molecule has 1 aliphatic carbocycles. The maximum absolute atomic E-state index is 12.3. The van der Waals surface area contributed by atoms with Crippen LogP contribution in [0, 0.1) is 38.5 Å². The number of ketones is 2. The molecule has 0 N–H and O–H groups in total. The average molecular weight is 537 g/mol. The van der Waals surface area contributed by atoms with Crippen molar-refractivity contribution in [2.24, 2.45) is 17.8 Å². The lowest BCUT2D eigenvalue weighted by Crippen LogP contribution is -2.37. The molecule has 1 heterocycles. The van der Waals surface area contributed by atoms with E-state index in [2.05, 4.69) is 41.5 Å². The Balaban J connectivity index is 1.53. The van der Waals surface area contributed by atoms with Gasteiger partial charge in [0.1, 0.15) is 17.1 Å². The third-order valence-electron chi connectivity index (χ3n) is 8.97. The van der Waals surface area contributed by atoms with Crippen LogP contribution in [0.5, 0.6) is 11.5 Å². The summed E-state index contributed by atoms with van der Waals surface area (Å²) in [5.74, 6) is 3.67. The molecule has 0 bridgehead atoms. The van der Waals surface area contributed by atoms with Gasteiger partial charge in [-0.2, -0.15) is 0 Å². The van der Waals surface area contributed by atoms with Crippen molar-refractivity contribution >= 4 is 11.6 Å². The van der Waals surface area contributed by atoms with Gasteiger partial charge in [0.25, 0.3) is 0 Å². The predicted molar refractivity (Wildman–Crippen MR) is 161 cm³/mol. The highest BCUT2D eigenvalue weighted by atomic mass is 16.5. The summed E-state index contributed by atoms with van der Waals surface area (Å²) in [6, 6.07) is 0. The Morgan fingerprint density at radius 1 is 0.846 bits per heavy atom. The van der Waals surface area contributed by atoms with Crippen molar-refractivity contribution in [1.29, 1.82) is 0 Å². The molecule has 0 radical (unpaired) electrons. The normalized spacial score (nSPS) is 20.5. The molecular weight excluding hydrogens is 484 g/mol. The molecule has 4 nitrogen and oxygen atoms in total. The summed E-state index contributed by atoms with van der Waals surface area (Å²) >= 11 is 0. The van der Waals surface area contributed by atoms with Crippen molar-refractivity contribution < 1.29 is 19.1 Å². The molecule has 0 aromatic heterocycles. The van der Waals surface area contributed by atoms with Crippen molar-refractivity contribution in [1.82, 2.24) is 0 Å². The Hall–Kier alpha value is -2.36. The lowest BCUT2D eigenvalue weighted by atomic mass is 9.83. The number of ether oxygens (including phenoxy) is 2. The number of carbonyl (C=O) groups is 2. The lowest BCUT2D eigenvalue weighted by Gasteiger charge is -2.38. The molecule has 39 heavy (non-hydrogen) atoms.